The summed E-state index contributed by atoms with van der Waals surface area (Å²) in [6, 6.07) is 5.45. The fourth-order valence-corrected chi connectivity index (χ4v) is 2.35. The largest absolute Gasteiger partial charge is 0.386 e. The van der Waals surface area contributed by atoms with E-state index in [4.69, 9.17) is 17.3 Å². The van der Waals surface area contributed by atoms with Gasteiger partial charge in [0.1, 0.15) is 11.3 Å². The van der Waals surface area contributed by atoms with Crippen LogP contribution in [0.25, 0.3) is 10.2 Å². The van der Waals surface area contributed by atoms with Crippen molar-refractivity contribution in [3.63, 3.8) is 0 Å². The van der Waals surface area contributed by atoms with Crippen LogP contribution in [0.1, 0.15) is 11.0 Å². The molecule has 2 rings (SSSR count). The molecule has 0 fully saturated rings. The molecule has 2 aromatic rings. The SMILES string of the molecule is NC[C@@H](O)c1cc2nc(Cl)ccc2s1. The molecule has 5 heteroatoms. The van der Waals surface area contributed by atoms with Crippen LogP contribution < -0.4 is 5.73 Å². The van der Waals surface area contributed by atoms with E-state index >= 15 is 0 Å². The fraction of sp³-hybridized carbons (Fsp3) is 0.222. The Hall–Kier alpha value is -0.680. The number of fused-ring (bicyclic) bond motifs is 1. The summed E-state index contributed by atoms with van der Waals surface area (Å²) in [7, 11) is 0. The monoisotopic (exact) mass is 228 g/mol. The number of hydrogen-bond acceptors (Lipinski definition) is 4. The van der Waals surface area contributed by atoms with E-state index in [1.165, 1.54) is 11.3 Å². The molecule has 2 heterocycles. The molecule has 3 N–H and O–H groups in total. The van der Waals surface area contributed by atoms with Gasteiger partial charge in [-0.2, -0.15) is 0 Å². The molecule has 1 atom stereocenters. The number of aromatic nitrogens is 1. The van der Waals surface area contributed by atoms with Crippen molar-refractivity contribution >= 4 is 33.2 Å². The smallest absolute Gasteiger partial charge is 0.129 e. The molecule has 0 saturated carbocycles. The minimum absolute atomic E-state index is 0.223. The number of thiophene rings is 1. The molecule has 0 saturated heterocycles. The van der Waals surface area contributed by atoms with Gasteiger partial charge >= 0.3 is 0 Å². The highest BCUT2D eigenvalue weighted by molar-refractivity contribution is 7.19. The third-order valence-electron chi connectivity index (χ3n) is 1.91. The van der Waals surface area contributed by atoms with Crippen LogP contribution in [0, 0.1) is 0 Å². The summed E-state index contributed by atoms with van der Waals surface area (Å²) < 4.78 is 1.01. The minimum atomic E-state index is -0.604. The van der Waals surface area contributed by atoms with Crippen LogP contribution in [-0.2, 0) is 0 Å². The first kappa shape index (κ1) is 9.86. The van der Waals surface area contributed by atoms with Crippen LogP contribution in [0.15, 0.2) is 18.2 Å². The summed E-state index contributed by atoms with van der Waals surface area (Å²) in [4.78, 5) is 4.97. The average Bonchev–Trinajstić information content (AvgIpc) is 2.59. The Labute approximate surface area is 90.1 Å². The van der Waals surface area contributed by atoms with Crippen molar-refractivity contribution in [3.8, 4) is 0 Å². The predicted octanol–water partition coefficient (Wildman–Crippen LogP) is 1.94. The van der Waals surface area contributed by atoms with Crippen molar-refractivity contribution in [1.82, 2.24) is 4.98 Å². The third kappa shape index (κ3) is 1.74. The van der Waals surface area contributed by atoms with Gasteiger partial charge in [-0.3, -0.25) is 0 Å². The van der Waals surface area contributed by atoms with Crippen molar-refractivity contribution < 1.29 is 5.11 Å². The number of pyridine rings is 1. The molecule has 0 unspecified atom stereocenters. The number of aliphatic hydroxyl groups is 1. The standard InChI is InChI=1S/C9H9ClN2OS/c10-9-2-1-7-5(12-9)3-8(14-7)6(13)4-11/h1-3,6,13H,4,11H2/t6-/m1/s1. The molecule has 74 valence electrons. The molecule has 0 spiro atoms. The maximum absolute atomic E-state index is 9.52. The van der Waals surface area contributed by atoms with E-state index in [1.54, 1.807) is 6.07 Å². The van der Waals surface area contributed by atoms with Crippen LogP contribution in [0.2, 0.25) is 5.15 Å². The second-order valence-electron chi connectivity index (χ2n) is 2.92. The molecule has 0 aliphatic carbocycles. The van der Waals surface area contributed by atoms with Crippen LogP contribution in [0.3, 0.4) is 0 Å². The Balaban J connectivity index is 2.51. The average molecular weight is 229 g/mol. The Morgan fingerprint density at radius 2 is 2.36 bits per heavy atom. The Morgan fingerprint density at radius 1 is 1.57 bits per heavy atom. The second-order valence-corrected chi connectivity index (χ2v) is 4.42. The van der Waals surface area contributed by atoms with E-state index in [0.29, 0.717) is 5.15 Å². The zero-order chi connectivity index (χ0) is 10.1. The topological polar surface area (TPSA) is 59.1 Å². The predicted molar refractivity (Wildman–Crippen MR) is 58.6 cm³/mol. The van der Waals surface area contributed by atoms with Gasteiger partial charge in [0, 0.05) is 11.4 Å². The normalized spacial score (nSPS) is 13.4. The maximum Gasteiger partial charge on any atom is 0.129 e. The molecule has 0 radical (unpaired) electrons. The Kier molecular flexibility index (Phi) is 2.69. The van der Waals surface area contributed by atoms with Crippen molar-refractivity contribution in [2.24, 2.45) is 5.73 Å². The van der Waals surface area contributed by atoms with Crippen molar-refractivity contribution in [2.75, 3.05) is 6.54 Å². The zero-order valence-electron chi connectivity index (χ0n) is 7.27. The lowest BCUT2D eigenvalue weighted by Gasteiger charge is -2.01. The third-order valence-corrected chi connectivity index (χ3v) is 3.31. The van der Waals surface area contributed by atoms with E-state index < -0.39 is 6.10 Å². The molecule has 0 aromatic carbocycles. The molecular weight excluding hydrogens is 220 g/mol. The van der Waals surface area contributed by atoms with Gasteiger partial charge in [0.05, 0.1) is 10.2 Å². The number of rotatable bonds is 2. The van der Waals surface area contributed by atoms with Gasteiger partial charge in [-0.1, -0.05) is 11.6 Å². The van der Waals surface area contributed by atoms with Crippen LogP contribution in [0.5, 0.6) is 0 Å². The van der Waals surface area contributed by atoms with E-state index in [9.17, 15) is 5.11 Å². The summed E-state index contributed by atoms with van der Waals surface area (Å²) >= 11 is 7.24. The maximum atomic E-state index is 9.52. The quantitative estimate of drug-likeness (QED) is 0.773. The van der Waals surface area contributed by atoms with Gasteiger partial charge in [0.25, 0.3) is 0 Å². The summed E-state index contributed by atoms with van der Waals surface area (Å²) in [5, 5.41) is 9.99. The number of halogens is 1. The molecule has 0 aliphatic rings. The number of aliphatic hydroxyl groups excluding tert-OH is 1. The van der Waals surface area contributed by atoms with E-state index in [0.717, 1.165) is 15.1 Å². The first-order chi connectivity index (χ1) is 6.70. The Morgan fingerprint density at radius 3 is 3.07 bits per heavy atom. The molecule has 0 bridgehead atoms. The molecule has 0 amide bonds. The summed E-state index contributed by atoms with van der Waals surface area (Å²) in [5.74, 6) is 0. The summed E-state index contributed by atoms with van der Waals surface area (Å²) in [6.07, 6.45) is -0.604. The highest BCUT2D eigenvalue weighted by Gasteiger charge is 2.10. The molecular formula is C9H9ClN2OS. The highest BCUT2D eigenvalue weighted by Crippen LogP contribution is 2.29. The zero-order valence-corrected chi connectivity index (χ0v) is 8.85. The van der Waals surface area contributed by atoms with Gasteiger partial charge in [0.2, 0.25) is 0 Å². The number of nitrogens with two attached hydrogens (primary N) is 1. The van der Waals surface area contributed by atoms with Gasteiger partial charge < -0.3 is 10.8 Å². The lowest BCUT2D eigenvalue weighted by molar-refractivity contribution is 0.190. The minimum Gasteiger partial charge on any atom is -0.386 e. The first-order valence-corrected chi connectivity index (χ1v) is 5.34. The fourth-order valence-electron chi connectivity index (χ4n) is 1.20. The summed E-state index contributed by atoms with van der Waals surface area (Å²) in [5.41, 5.74) is 6.18. The lowest BCUT2D eigenvalue weighted by atomic mass is 10.3. The molecule has 0 aliphatic heterocycles. The lowest BCUT2D eigenvalue weighted by Crippen LogP contribution is -2.09. The van der Waals surface area contributed by atoms with Crippen molar-refractivity contribution in [3.05, 3.63) is 28.2 Å². The second kappa shape index (κ2) is 3.82. The van der Waals surface area contributed by atoms with Crippen molar-refractivity contribution in [2.45, 2.75) is 6.10 Å². The van der Waals surface area contributed by atoms with Gasteiger partial charge in [-0.15, -0.1) is 11.3 Å². The van der Waals surface area contributed by atoms with Crippen LogP contribution in [0.4, 0.5) is 0 Å². The highest BCUT2D eigenvalue weighted by atomic mass is 35.5. The van der Waals surface area contributed by atoms with Gasteiger partial charge in [-0.05, 0) is 18.2 Å². The molecule has 2 aromatic heterocycles. The van der Waals surface area contributed by atoms with E-state index in [-0.39, 0.29) is 6.54 Å². The molecule has 14 heavy (non-hydrogen) atoms. The number of nitrogens with zero attached hydrogens (tertiary/aromatic N) is 1. The van der Waals surface area contributed by atoms with E-state index in [1.807, 2.05) is 12.1 Å². The summed E-state index contributed by atoms with van der Waals surface area (Å²) in [6.45, 7) is 0.223. The van der Waals surface area contributed by atoms with Crippen molar-refractivity contribution in [1.29, 1.82) is 0 Å². The Bertz CT molecular complexity index is 457. The number of hydrogen-bond donors (Lipinski definition) is 2. The van der Waals surface area contributed by atoms with Crippen LogP contribution in [-0.4, -0.2) is 16.6 Å². The van der Waals surface area contributed by atoms with E-state index in [2.05, 4.69) is 4.98 Å². The van der Waals surface area contributed by atoms with Gasteiger partial charge in [-0.25, -0.2) is 4.98 Å². The van der Waals surface area contributed by atoms with Gasteiger partial charge in [0.15, 0.2) is 0 Å². The first-order valence-electron chi connectivity index (χ1n) is 4.15. The molecule has 3 nitrogen and oxygen atoms in total. The van der Waals surface area contributed by atoms with Crippen LogP contribution >= 0.6 is 22.9 Å².